The van der Waals surface area contributed by atoms with E-state index in [0.29, 0.717) is 16.5 Å². The Morgan fingerprint density at radius 3 is 1.68 bits per heavy atom. The first-order valence-electron chi connectivity index (χ1n) is 23.7. The Balaban J connectivity index is 1.22. The average Bonchev–Trinajstić information content (AvgIpc) is 3.72. The van der Waals surface area contributed by atoms with Gasteiger partial charge in [-0.3, -0.25) is 0 Å². The summed E-state index contributed by atoms with van der Waals surface area (Å²) in [5, 5.41) is 4.71. The molecule has 1 heterocycles. The highest BCUT2D eigenvalue weighted by molar-refractivity contribution is 6.24. The first-order valence-corrected chi connectivity index (χ1v) is 17.2. The molecular formula is C52H32O. The zero-order valence-electron chi connectivity index (χ0n) is 40.9. The van der Waals surface area contributed by atoms with E-state index >= 15 is 0 Å². The minimum absolute atomic E-state index is 0.0755. The second-order valence-corrected chi connectivity index (χ2v) is 13.0. The third-order valence-electron chi connectivity index (χ3n) is 10.2. The molecule has 53 heavy (non-hydrogen) atoms. The van der Waals surface area contributed by atoms with E-state index in [1.807, 2.05) is 72.8 Å². The van der Waals surface area contributed by atoms with Crippen molar-refractivity contribution in [2.24, 2.45) is 0 Å². The molecule has 0 amide bonds. The molecule has 0 N–H and O–H groups in total. The van der Waals surface area contributed by atoms with Crippen LogP contribution in [0.3, 0.4) is 0 Å². The number of hydrogen-bond acceptors (Lipinski definition) is 1. The quantitative estimate of drug-likeness (QED) is 0.168. The number of benzene rings is 10. The Kier molecular flexibility index (Phi) is 4.36. The van der Waals surface area contributed by atoms with E-state index in [0.717, 1.165) is 54.8 Å². The second-order valence-electron chi connectivity index (χ2n) is 13.0. The van der Waals surface area contributed by atoms with Crippen molar-refractivity contribution in [3.63, 3.8) is 0 Å². The highest BCUT2D eigenvalue weighted by Crippen LogP contribution is 2.47. The number of rotatable bonds is 4. The summed E-state index contributed by atoms with van der Waals surface area (Å²) < 4.78 is 123. The van der Waals surface area contributed by atoms with Crippen LogP contribution in [0.1, 0.15) is 17.8 Å². The molecule has 0 aliphatic rings. The molecule has 11 rings (SSSR count). The van der Waals surface area contributed by atoms with Crippen LogP contribution in [0.2, 0.25) is 0 Å². The van der Waals surface area contributed by atoms with Gasteiger partial charge in [-0.2, -0.15) is 0 Å². The lowest BCUT2D eigenvalue weighted by Crippen LogP contribution is -1.92. The van der Waals surface area contributed by atoms with Gasteiger partial charge in [0.2, 0.25) is 0 Å². The van der Waals surface area contributed by atoms with Crippen LogP contribution in [0.25, 0.3) is 110 Å². The van der Waals surface area contributed by atoms with Crippen molar-refractivity contribution in [2.45, 2.75) is 0 Å². The summed E-state index contributed by atoms with van der Waals surface area (Å²) in [4.78, 5) is 0. The van der Waals surface area contributed by atoms with Crippen LogP contribution in [0, 0.1) is 0 Å². The van der Waals surface area contributed by atoms with E-state index in [1.54, 1.807) is 6.07 Å². The largest absolute Gasteiger partial charge is 0.456 e. The maximum Gasteiger partial charge on any atom is 0.136 e. The molecule has 0 unspecified atom stereocenters. The van der Waals surface area contributed by atoms with Crippen molar-refractivity contribution in [1.29, 1.82) is 0 Å². The van der Waals surface area contributed by atoms with E-state index < -0.39 is 84.1 Å². The summed E-state index contributed by atoms with van der Waals surface area (Å²) in [6.07, 6.45) is 0. The Bertz CT molecular complexity index is 3870. The molecule has 246 valence electrons. The van der Waals surface area contributed by atoms with Gasteiger partial charge < -0.3 is 4.42 Å². The highest BCUT2D eigenvalue weighted by Gasteiger charge is 2.20. The predicted octanol–water partition coefficient (Wildman–Crippen LogP) is 14.9. The van der Waals surface area contributed by atoms with Crippen LogP contribution in [0.15, 0.2) is 198 Å². The van der Waals surface area contributed by atoms with Gasteiger partial charge in [-0.15, -0.1) is 0 Å². The third kappa shape index (κ3) is 4.58. The van der Waals surface area contributed by atoms with Gasteiger partial charge in [0, 0.05) is 10.8 Å². The molecule has 0 saturated carbocycles. The Morgan fingerprint density at radius 2 is 0.925 bits per heavy atom. The first kappa shape index (κ1) is 19.6. The third-order valence-corrected chi connectivity index (χ3v) is 10.2. The van der Waals surface area contributed by atoms with E-state index in [-0.39, 0.29) is 32.7 Å². The average molecular weight is 686 g/mol. The van der Waals surface area contributed by atoms with Gasteiger partial charge in [0.25, 0.3) is 0 Å². The van der Waals surface area contributed by atoms with Crippen molar-refractivity contribution in [3.05, 3.63) is 194 Å². The molecule has 0 aliphatic heterocycles. The summed E-state index contributed by atoms with van der Waals surface area (Å²) >= 11 is 0. The molecule has 0 radical (unpaired) electrons. The Morgan fingerprint density at radius 1 is 0.340 bits per heavy atom. The maximum atomic E-state index is 9.42. The summed E-state index contributed by atoms with van der Waals surface area (Å²) in [5.41, 5.74) is 4.81. The van der Waals surface area contributed by atoms with E-state index in [1.165, 1.54) is 0 Å². The van der Waals surface area contributed by atoms with Gasteiger partial charge in [0.15, 0.2) is 0 Å². The fraction of sp³-hybridized carbons (Fsp3) is 0. The lowest BCUT2D eigenvalue weighted by Gasteiger charge is -2.19. The van der Waals surface area contributed by atoms with Crippen LogP contribution in [0.5, 0.6) is 0 Å². The fourth-order valence-corrected chi connectivity index (χ4v) is 7.97. The molecule has 0 saturated heterocycles. The SMILES string of the molecule is [2H]c1c([2H])c([2H])c(-c2c3c([2H])c([2H])c([2H])c([2H])c3c(-c3ccc(-c4ccc5c(c4)oc4cccc(-c6cccc7ccccc67)c45)c4ccccc34)c3c([2H])c([2H])c([2H])c([2H])c23)c([2H])c1[2H]. The van der Waals surface area contributed by atoms with Crippen LogP contribution in [-0.4, -0.2) is 0 Å². The zero-order chi connectivity index (χ0) is 46.2. The lowest BCUT2D eigenvalue weighted by molar-refractivity contribution is 0.669. The van der Waals surface area contributed by atoms with Gasteiger partial charge in [-0.1, -0.05) is 176 Å². The zero-order valence-corrected chi connectivity index (χ0v) is 27.9. The van der Waals surface area contributed by atoms with Gasteiger partial charge >= 0.3 is 0 Å². The van der Waals surface area contributed by atoms with Crippen molar-refractivity contribution in [1.82, 2.24) is 0 Å². The molecule has 1 heteroatoms. The van der Waals surface area contributed by atoms with Crippen LogP contribution >= 0.6 is 0 Å². The first-order chi connectivity index (χ1) is 31.7. The molecular weight excluding hydrogens is 641 g/mol. The van der Waals surface area contributed by atoms with Crippen LogP contribution in [-0.2, 0) is 0 Å². The van der Waals surface area contributed by atoms with Crippen molar-refractivity contribution < 1.29 is 22.2 Å². The number of fused-ring (bicyclic) bond motifs is 7. The van der Waals surface area contributed by atoms with Crippen LogP contribution in [0.4, 0.5) is 0 Å². The van der Waals surface area contributed by atoms with Crippen molar-refractivity contribution in [2.75, 3.05) is 0 Å². The predicted molar refractivity (Wildman–Crippen MR) is 225 cm³/mol. The molecule has 0 spiro atoms. The summed E-state index contributed by atoms with van der Waals surface area (Å²) in [6, 6.07) is 29.3. The van der Waals surface area contributed by atoms with Gasteiger partial charge in [-0.05, 0) is 106 Å². The van der Waals surface area contributed by atoms with Crippen molar-refractivity contribution >= 4 is 65.0 Å². The number of furan rings is 1. The molecule has 0 fully saturated rings. The van der Waals surface area contributed by atoms with Gasteiger partial charge in [-0.25, -0.2) is 0 Å². The fourth-order valence-electron chi connectivity index (χ4n) is 7.97. The molecule has 1 nitrogen and oxygen atoms in total. The lowest BCUT2D eigenvalue weighted by atomic mass is 9.84. The Hall–Kier alpha value is -6.96. The molecule has 11 aromatic rings. The van der Waals surface area contributed by atoms with Crippen molar-refractivity contribution in [3.8, 4) is 44.5 Å². The van der Waals surface area contributed by atoms with E-state index in [2.05, 4.69) is 36.4 Å². The highest BCUT2D eigenvalue weighted by atomic mass is 16.3. The minimum Gasteiger partial charge on any atom is -0.456 e. The molecule has 0 bridgehead atoms. The smallest absolute Gasteiger partial charge is 0.136 e. The Labute approximate surface area is 325 Å². The summed E-state index contributed by atoms with van der Waals surface area (Å²) in [7, 11) is 0. The van der Waals surface area contributed by atoms with E-state index in [9.17, 15) is 5.48 Å². The topological polar surface area (TPSA) is 13.1 Å². The van der Waals surface area contributed by atoms with E-state index in [4.69, 9.17) is 16.8 Å². The normalized spacial score (nSPS) is 15.2. The molecule has 1 aromatic heterocycles. The summed E-state index contributed by atoms with van der Waals surface area (Å²) in [5.74, 6) is 0. The maximum absolute atomic E-state index is 9.42. The summed E-state index contributed by atoms with van der Waals surface area (Å²) in [6.45, 7) is 0. The second kappa shape index (κ2) is 11.8. The number of hydrogen-bond donors (Lipinski definition) is 0. The van der Waals surface area contributed by atoms with Gasteiger partial charge in [0.1, 0.15) is 11.2 Å². The standard InChI is InChI=1S/C52H32O/c1-2-15-34(16-3-1)50-42-21-8-10-23-44(42)51(45-24-11-9-22-43(45)50)46-31-30-37(38-19-6-7-20-40(38)46)35-28-29-47-49(32-35)53-48-27-13-26-41(52(47)48)39-25-12-17-33-14-4-5-18-36(33)39/h1-32H/i1D,2D,3D,8D,9D,10D,11D,15D,16D,21D,22D,23D,24D. The van der Waals surface area contributed by atoms with Gasteiger partial charge in [0.05, 0.1) is 17.8 Å². The molecule has 10 aromatic carbocycles. The van der Waals surface area contributed by atoms with Crippen LogP contribution < -0.4 is 0 Å². The monoisotopic (exact) mass is 685 g/mol. The molecule has 0 atom stereocenters. The minimum atomic E-state index is -0.717. The molecule has 0 aliphatic carbocycles.